The zero-order chi connectivity index (χ0) is 12.3. The second-order valence-corrected chi connectivity index (χ2v) is 5.46. The van der Waals surface area contributed by atoms with E-state index in [1.807, 2.05) is 0 Å². The summed E-state index contributed by atoms with van der Waals surface area (Å²) >= 11 is 0. The molecule has 8 heteroatoms. The van der Waals surface area contributed by atoms with Crippen molar-refractivity contribution in [1.82, 2.24) is 14.3 Å². The summed E-state index contributed by atoms with van der Waals surface area (Å²) in [6.07, 6.45) is 1.53. The second kappa shape index (κ2) is 4.73. The number of aliphatic hydroxyl groups excluding tert-OH is 1. The smallest absolute Gasteiger partial charge is 0.245 e. The number of rotatable bonds is 4. The first-order valence-electron chi connectivity index (χ1n) is 4.56. The molecule has 3 N–H and O–H groups in total. The second-order valence-electron chi connectivity index (χ2n) is 3.41. The molecule has 0 aromatic carbocycles. The van der Waals surface area contributed by atoms with Gasteiger partial charge in [-0.15, -0.1) is 0 Å². The van der Waals surface area contributed by atoms with E-state index in [1.165, 1.54) is 14.0 Å². The summed E-state index contributed by atoms with van der Waals surface area (Å²) in [6.45, 7) is 1.51. The first kappa shape index (κ1) is 12.8. The van der Waals surface area contributed by atoms with Crippen molar-refractivity contribution < 1.29 is 13.5 Å². The van der Waals surface area contributed by atoms with Crippen LogP contribution in [0.3, 0.4) is 0 Å². The van der Waals surface area contributed by atoms with Crippen molar-refractivity contribution in [2.24, 2.45) is 0 Å². The van der Waals surface area contributed by atoms with E-state index in [-0.39, 0.29) is 17.4 Å². The number of hydrogen-bond donors (Lipinski definition) is 2. The maximum atomic E-state index is 11.9. The van der Waals surface area contributed by atoms with Crippen LogP contribution in [0.2, 0.25) is 0 Å². The molecule has 1 heterocycles. The monoisotopic (exact) mass is 246 g/mol. The standard InChI is InChI=1S/C8H14N4O3S/c1-6(13)5-12(2)16(14,15)7-3-10-8(9)11-4-7/h3-4,6,13H,5H2,1-2H3,(H2,9,10,11). The van der Waals surface area contributed by atoms with Crippen molar-refractivity contribution in [1.29, 1.82) is 0 Å². The highest BCUT2D eigenvalue weighted by Gasteiger charge is 2.22. The topological polar surface area (TPSA) is 109 Å². The number of hydrogen-bond acceptors (Lipinski definition) is 6. The molecule has 0 aliphatic heterocycles. The molecule has 0 saturated heterocycles. The lowest BCUT2D eigenvalue weighted by molar-refractivity contribution is 0.171. The number of nitrogens with zero attached hydrogens (tertiary/aromatic N) is 3. The molecule has 0 aliphatic rings. The summed E-state index contributed by atoms with van der Waals surface area (Å²) in [6, 6.07) is 0. The average molecular weight is 246 g/mol. The van der Waals surface area contributed by atoms with Crippen LogP contribution in [0.25, 0.3) is 0 Å². The van der Waals surface area contributed by atoms with Gasteiger partial charge in [0, 0.05) is 13.6 Å². The van der Waals surface area contributed by atoms with Crippen molar-refractivity contribution in [3.8, 4) is 0 Å². The Kier molecular flexibility index (Phi) is 3.79. The first-order valence-corrected chi connectivity index (χ1v) is 6.00. The van der Waals surface area contributed by atoms with Crippen LogP contribution >= 0.6 is 0 Å². The molecule has 1 rings (SSSR count). The molecule has 0 fully saturated rings. The van der Waals surface area contributed by atoms with Gasteiger partial charge in [0.1, 0.15) is 4.90 Å². The minimum atomic E-state index is -3.66. The minimum Gasteiger partial charge on any atom is -0.392 e. The molecule has 7 nitrogen and oxygen atoms in total. The third-order valence-corrected chi connectivity index (χ3v) is 3.65. The molecule has 1 aromatic rings. The minimum absolute atomic E-state index is 0.00666. The predicted octanol–water partition coefficient (Wildman–Crippen LogP) is -0.940. The van der Waals surface area contributed by atoms with Gasteiger partial charge in [-0.05, 0) is 6.92 Å². The molecule has 0 aliphatic carbocycles. The van der Waals surface area contributed by atoms with Gasteiger partial charge in [-0.1, -0.05) is 0 Å². The van der Waals surface area contributed by atoms with E-state index in [2.05, 4.69) is 9.97 Å². The Hall–Kier alpha value is -1.25. The summed E-state index contributed by atoms with van der Waals surface area (Å²) in [5.74, 6) is 0.0112. The van der Waals surface area contributed by atoms with Crippen LogP contribution < -0.4 is 5.73 Å². The van der Waals surface area contributed by atoms with Gasteiger partial charge in [0.15, 0.2) is 0 Å². The van der Waals surface area contributed by atoms with Gasteiger partial charge in [-0.3, -0.25) is 0 Å². The normalized spacial score (nSPS) is 14.0. The number of anilines is 1. The fourth-order valence-electron chi connectivity index (χ4n) is 1.11. The molecular formula is C8H14N4O3S. The van der Waals surface area contributed by atoms with E-state index in [9.17, 15) is 8.42 Å². The lowest BCUT2D eigenvalue weighted by Gasteiger charge is -2.17. The van der Waals surface area contributed by atoms with Crippen molar-refractivity contribution in [3.63, 3.8) is 0 Å². The zero-order valence-electron chi connectivity index (χ0n) is 9.03. The molecule has 0 saturated carbocycles. The van der Waals surface area contributed by atoms with Crippen LogP contribution in [0.15, 0.2) is 17.3 Å². The van der Waals surface area contributed by atoms with Gasteiger partial charge < -0.3 is 10.8 Å². The molecule has 16 heavy (non-hydrogen) atoms. The van der Waals surface area contributed by atoms with Crippen LogP contribution in [-0.2, 0) is 10.0 Å². The lowest BCUT2D eigenvalue weighted by atomic mass is 10.4. The average Bonchev–Trinajstić information content (AvgIpc) is 2.17. The van der Waals surface area contributed by atoms with Crippen LogP contribution in [-0.4, -0.2) is 47.5 Å². The fraction of sp³-hybridized carbons (Fsp3) is 0.500. The van der Waals surface area contributed by atoms with E-state index < -0.39 is 16.1 Å². The zero-order valence-corrected chi connectivity index (χ0v) is 9.85. The van der Waals surface area contributed by atoms with Gasteiger partial charge in [-0.25, -0.2) is 18.4 Å². The molecule has 90 valence electrons. The summed E-state index contributed by atoms with van der Waals surface area (Å²) in [5, 5.41) is 9.12. The number of aromatic nitrogens is 2. The number of sulfonamides is 1. The Bertz CT molecular complexity index is 443. The predicted molar refractivity (Wildman–Crippen MR) is 57.9 cm³/mol. The lowest BCUT2D eigenvalue weighted by Crippen LogP contribution is -2.33. The van der Waals surface area contributed by atoms with Gasteiger partial charge in [-0.2, -0.15) is 4.31 Å². The molecule has 1 aromatic heterocycles. The highest BCUT2D eigenvalue weighted by atomic mass is 32.2. The first-order chi connectivity index (χ1) is 7.34. The largest absolute Gasteiger partial charge is 0.392 e. The Labute approximate surface area is 94.0 Å². The number of likely N-dealkylation sites (N-methyl/N-ethyl adjacent to an activating group) is 1. The highest BCUT2D eigenvalue weighted by Crippen LogP contribution is 2.12. The molecular weight excluding hydrogens is 232 g/mol. The van der Waals surface area contributed by atoms with Crippen molar-refractivity contribution >= 4 is 16.0 Å². The third kappa shape index (κ3) is 2.87. The Balaban J connectivity index is 2.97. The van der Waals surface area contributed by atoms with Crippen LogP contribution in [0.1, 0.15) is 6.92 Å². The Morgan fingerprint density at radius 3 is 2.44 bits per heavy atom. The molecule has 1 atom stereocenters. The molecule has 0 radical (unpaired) electrons. The summed E-state index contributed by atoms with van der Waals surface area (Å²) in [7, 11) is -2.28. The van der Waals surface area contributed by atoms with E-state index >= 15 is 0 Å². The van der Waals surface area contributed by atoms with Crippen molar-refractivity contribution in [2.45, 2.75) is 17.9 Å². The van der Waals surface area contributed by atoms with Crippen LogP contribution in [0.5, 0.6) is 0 Å². The Morgan fingerprint density at radius 1 is 1.50 bits per heavy atom. The number of aliphatic hydroxyl groups is 1. The summed E-state index contributed by atoms with van der Waals surface area (Å²) in [5.41, 5.74) is 5.26. The number of nitrogens with two attached hydrogens (primary N) is 1. The fourth-order valence-corrected chi connectivity index (χ4v) is 2.25. The van der Waals surface area contributed by atoms with Crippen molar-refractivity contribution in [3.05, 3.63) is 12.4 Å². The summed E-state index contributed by atoms with van der Waals surface area (Å²) in [4.78, 5) is 7.16. The molecule has 0 amide bonds. The van der Waals surface area contributed by atoms with E-state index in [4.69, 9.17) is 10.8 Å². The van der Waals surface area contributed by atoms with Gasteiger partial charge >= 0.3 is 0 Å². The number of nitrogen functional groups attached to an aromatic ring is 1. The highest BCUT2D eigenvalue weighted by molar-refractivity contribution is 7.89. The van der Waals surface area contributed by atoms with Gasteiger partial charge in [0.05, 0.1) is 18.5 Å². The van der Waals surface area contributed by atoms with Gasteiger partial charge in [0.25, 0.3) is 0 Å². The van der Waals surface area contributed by atoms with Crippen LogP contribution in [0.4, 0.5) is 5.95 Å². The van der Waals surface area contributed by atoms with Gasteiger partial charge in [0.2, 0.25) is 16.0 Å². The van der Waals surface area contributed by atoms with E-state index in [1.54, 1.807) is 0 Å². The Morgan fingerprint density at radius 2 is 2.00 bits per heavy atom. The van der Waals surface area contributed by atoms with E-state index in [0.29, 0.717) is 0 Å². The summed E-state index contributed by atoms with van der Waals surface area (Å²) < 4.78 is 24.8. The maximum absolute atomic E-state index is 11.9. The quantitative estimate of drug-likeness (QED) is 0.709. The SMILES string of the molecule is CC(O)CN(C)S(=O)(=O)c1cnc(N)nc1. The molecule has 1 unspecified atom stereocenters. The molecule has 0 bridgehead atoms. The maximum Gasteiger partial charge on any atom is 0.245 e. The molecule has 0 spiro atoms. The third-order valence-electron chi connectivity index (χ3n) is 1.88. The van der Waals surface area contributed by atoms with Crippen LogP contribution in [0, 0.1) is 0 Å². The van der Waals surface area contributed by atoms with E-state index in [0.717, 1.165) is 16.7 Å². The van der Waals surface area contributed by atoms with Crippen molar-refractivity contribution in [2.75, 3.05) is 19.3 Å².